The van der Waals surface area contributed by atoms with Crippen molar-refractivity contribution in [3.05, 3.63) is 83.0 Å². The van der Waals surface area contributed by atoms with Crippen LogP contribution in [0.5, 0.6) is 0 Å². The number of benzene rings is 2. The number of aliphatic hydroxyl groups is 1. The fourth-order valence-electron chi connectivity index (χ4n) is 4.94. The Balaban J connectivity index is 1.17. The monoisotopic (exact) mass is 512 g/mol. The molecule has 0 unspecified atom stereocenters. The highest BCUT2D eigenvalue weighted by Crippen LogP contribution is 2.33. The minimum absolute atomic E-state index is 0.108. The number of amides is 2. The molecule has 4 aromatic rings. The number of anilines is 1. The van der Waals surface area contributed by atoms with Crippen molar-refractivity contribution in [1.29, 1.82) is 0 Å². The standard InChI is InChI=1S/C28H28N6O4/c35-25(31-21-4-2-1-3-5-21)19-8-10-22(11-9-19)34-24-23(16-30-34)27(37)33(18-29-24)17-28(38)12-14-32(15-13-28)26(36)20-6-7-20/h1-5,8-11,16,18,20,38H,6-7,12-15,17H2,(H,31,35). The number of para-hydroxylation sites is 1. The normalized spacial score (nSPS) is 16.9. The zero-order chi connectivity index (χ0) is 26.3. The van der Waals surface area contributed by atoms with Gasteiger partial charge in [-0.25, -0.2) is 9.67 Å². The second-order valence-electron chi connectivity index (χ2n) is 10.2. The molecule has 3 heterocycles. The van der Waals surface area contributed by atoms with Gasteiger partial charge in [-0.2, -0.15) is 5.10 Å². The molecule has 194 valence electrons. The SMILES string of the molecule is O=C(Nc1ccccc1)c1ccc(-n2ncc3c(=O)n(CC4(O)CCN(C(=O)C5CC5)CC4)cnc32)cc1. The highest BCUT2D eigenvalue weighted by molar-refractivity contribution is 6.04. The zero-order valence-corrected chi connectivity index (χ0v) is 20.8. The van der Waals surface area contributed by atoms with Crippen LogP contribution < -0.4 is 10.9 Å². The van der Waals surface area contributed by atoms with E-state index in [0.29, 0.717) is 53.9 Å². The molecule has 2 amide bonds. The summed E-state index contributed by atoms with van der Waals surface area (Å²) in [5.74, 6) is 0.119. The maximum atomic E-state index is 13.2. The minimum atomic E-state index is -1.08. The molecule has 0 radical (unpaired) electrons. The molecular weight excluding hydrogens is 484 g/mol. The van der Waals surface area contributed by atoms with Crippen molar-refractivity contribution >= 4 is 28.5 Å². The summed E-state index contributed by atoms with van der Waals surface area (Å²) >= 11 is 0. The Labute approximate surface area is 218 Å². The third kappa shape index (κ3) is 4.70. The Morgan fingerprint density at radius 1 is 1.03 bits per heavy atom. The first-order chi connectivity index (χ1) is 18.4. The van der Waals surface area contributed by atoms with Gasteiger partial charge in [-0.3, -0.25) is 19.0 Å². The number of nitrogens with one attached hydrogen (secondary N) is 1. The van der Waals surface area contributed by atoms with Gasteiger partial charge < -0.3 is 15.3 Å². The maximum Gasteiger partial charge on any atom is 0.264 e. The van der Waals surface area contributed by atoms with Crippen molar-refractivity contribution in [3.8, 4) is 5.69 Å². The number of piperidine rings is 1. The molecule has 2 aromatic carbocycles. The molecule has 6 rings (SSSR count). The number of hydrogen-bond acceptors (Lipinski definition) is 6. The number of carbonyl (C=O) groups is 2. The lowest BCUT2D eigenvalue weighted by Crippen LogP contribution is -2.50. The summed E-state index contributed by atoms with van der Waals surface area (Å²) in [6.45, 7) is 1.09. The van der Waals surface area contributed by atoms with E-state index in [1.165, 1.54) is 17.1 Å². The van der Waals surface area contributed by atoms with Crippen LogP contribution in [0.3, 0.4) is 0 Å². The van der Waals surface area contributed by atoms with E-state index in [1.807, 2.05) is 35.2 Å². The third-order valence-corrected chi connectivity index (χ3v) is 7.36. The second-order valence-corrected chi connectivity index (χ2v) is 10.2. The van der Waals surface area contributed by atoms with Gasteiger partial charge in [0.25, 0.3) is 11.5 Å². The van der Waals surface area contributed by atoms with Crippen LogP contribution >= 0.6 is 0 Å². The van der Waals surface area contributed by atoms with Crippen LogP contribution in [0.1, 0.15) is 36.0 Å². The molecule has 10 heteroatoms. The summed E-state index contributed by atoms with van der Waals surface area (Å²) in [5, 5.41) is 18.7. The van der Waals surface area contributed by atoms with Crippen molar-refractivity contribution in [2.75, 3.05) is 18.4 Å². The predicted octanol–water partition coefficient (Wildman–Crippen LogP) is 2.60. The molecule has 1 aliphatic carbocycles. The number of aromatic nitrogens is 4. The van der Waals surface area contributed by atoms with Gasteiger partial charge in [0.1, 0.15) is 11.7 Å². The first-order valence-corrected chi connectivity index (χ1v) is 12.8. The van der Waals surface area contributed by atoms with E-state index < -0.39 is 5.60 Å². The molecule has 1 aliphatic heterocycles. The Kier molecular flexibility index (Phi) is 6.03. The average molecular weight is 513 g/mol. The van der Waals surface area contributed by atoms with Gasteiger partial charge in [0.05, 0.1) is 24.0 Å². The molecule has 1 saturated carbocycles. The summed E-state index contributed by atoms with van der Waals surface area (Å²) in [6, 6.07) is 16.1. The van der Waals surface area contributed by atoms with Gasteiger partial charge >= 0.3 is 0 Å². The van der Waals surface area contributed by atoms with Gasteiger partial charge in [0, 0.05) is 30.3 Å². The Morgan fingerprint density at radius 3 is 2.42 bits per heavy atom. The van der Waals surface area contributed by atoms with Crippen LogP contribution in [0.15, 0.2) is 71.9 Å². The van der Waals surface area contributed by atoms with Gasteiger partial charge in [-0.1, -0.05) is 18.2 Å². The highest BCUT2D eigenvalue weighted by atomic mass is 16.3. The van der Waals surface area contributed by atoms with Crippen molar-refractivity contribution in [1.82, 2.24) is 24.2 Å². The molecular formula is C28H28N6O4. The van der Waals surface area contributed by atoms with Gasteiger partial charge in [0.2, 0.25) is 5.91 Å². The quantitative estimate of drug-likeness (QED) is 0.410. The van der Waals surface area contributed by atoms with Crippen molar-refractivity contribution in [3.63, 3.8) is 0 Å². The smallest absolute Gasteiger partial charge is 0.264 e. The van der Waals surface area contributed by atoms with E-state index in [-0.39, 0.29) is 29.8 Å². The van der Waals surface area contributed by atoms with E-state index in [2.05, 4.69) is 15.4 Å². The summed E-state index contributed by atoms with van der Waals surface area (Å²) in [6.07, 6.45) is 5.66. The van der Waals surface area contributed by atoms with E-state index in [4.69, 9.17) is 0 Å². The molecule has 2 aliphatic rings. The Hall–Kier alpha value is -4.31. The molecule has 0 spiro atoms. The summed E-state index contributed by atoms with van der Waals surface area (Å²) in [4.78, 5) is 44.4. The lowest BCUT2D eigenvalue weighted by molar-refractivity contribution is -0.137. The molecule has 2 fully saturated rings. The third-order valence-electron chi connectivity index (χ3n) is 7.36. The molecule has 2 N–H and O–H groups in total. The van der Waals surface area contributed by atoms with E-state index >= 15 is 0 Å². The fraction of sp³-hybridized carbons (Fsp3) is 0.321. The molecule has 10 nitrogen and oxygen atoms in total. The van der Waals surface area contributed by atoms with Crippen molar-refractivity contribution < 1.29 is 14.7 Å². The van der Waals surface area contributed by atoms with Crippen LogP contribution in [-0.2, 0) is 11.3 Å². The van der Waals surface area contributed by atoms with Gasteiger partial charge in [-0.15, -0.1) is 0 Å². The molecule has 0 atom stereocenters. The van der Waals surface area contributed by atoms with Crippen LogP contribution in [0.4, 0.5) is 5.69 Å². The van der Waals surface area contributed by atoms with Crippen molar-refractivity contribution in [2.45, 2.75) is 37.8 Å². The molecule has 2 aromatic heterocycles. The summed E-state index contributed by atoms with van der Waals surface area (Å²) < 4.78 is 2.97. The number of likely N-dealkylation sites (tertiary alicyclic amines) is 1. The Morgan fingerprint density at radius 2 is 1.74 bits per heavy atom. The number of hydrogen-bond donors (Lipinski definition) is 2. The predicted molar refractivity (Wildman–Crippen MR) is 141 cm³/mol. The van der Waals surface area contributed by atoms with Gasteiger partial charge in [0.15, 0.2) is 5.65 Å². The molecule has 38 heavy (non-hydrogen) atoms. The fourth-order valence-corrected chi connectivity index (χ4v) is 4.94. The number of fused-ring (bicyclic) bond motifs is 1. The minimum Gasteiger partial charge on any atom is -0.388 e. The Bertz CT molecular complexity index is 1550. The van der Waals surface area contributed by atoms with Crippen LogP contribution in [-0.4, -0.2) is 59.8 Å². The summed E-state index contributed by atoms with van der Waals surface area (Å²) in [7, 11) is 0. The largest absolute Gasteiger partial charge is 0.388 e. The second kappa shape index (κ2) is 9.53. The highest BCUT2D eigenvalue weighted by Gasteiger charge is 2.39. The van der Waals surface area contributed by atoms with E-state index in [0.717, 1.165) is 12.8 Å². The number of carbonyl (C=O) groups excluding carboxylic acids is 2. The van der Waals surface area contributed by atoms with Crippen LogP contribution in [0.25, 0.3) is 16.7 Å². The molecule has 1 saturated heterocycles. The lowest BCUT2D eigenvalue weighted by atomic mass is 9.91. The van der Waals surface area contributed by atoms with Crippen molar-refractivity contribution in [2.24, 2.45) is 5.92 Å². The first kappa shape index (κ1) is 24.1. The van der Waals surface area contributed by atoms with Crippen LogP contribution in [0, 0.1) is 5.92 Å². The maximum absolute atomic E-state index is 13.2. The number of nitrogens with zero attached hydrogens (tertiary/aromatic N) is 5. The van der Waals surface area contributed by atoms with E-state index in [9.17, 15) is 19.5 Å². The number of rotatable bonds is 6. The summed E-state index contributed by atoms with van der Waals surface area (Å²) in [5.41, 5.74) is 0.887. The average Bonchev–Trinajstić information content (AvgIpc) is 3.70. The lowest BCUT2D eigenvalue weighted by Gasteiger charge is -2.38. The van der Waals surface area contributed by atoms with E-state index in [1.54, 1.807) is 28.9 Å². The topological polar surface area (TPSA) is 122 Å². The van der Waals surface area contributed by atoms with Gasteiger partial charge in [-0.05, 0) is 62.1 Å². The zero-order valence-electron chi connectivity index (χ0n) is 20.8. The first-order valence-electron chi connectivity index (χ1n) is 12.8. The van der Waals surface area contributed by atoms with Crippen LogP contribution in [0.2, 0.25) is 0 Å². The molecule has 0 bridgehead atoms.